The SMILES string of the molecule is O=C(CN1CCCC1)NC1CCCC(Nc2cc(-c3c[nH]c4ncccc34)cc(Cl)n2)C1. The van der Waals surface area contributed by atoms with Crippen molar-refractivity contribution in [1.29, 1.82) is 0 Å². The second kappa shape index (κ2) is 9.46. The van der Waals surface area contributed by atoms with Crippen LogP contribution in [0.15, 0.2) is 36.7 Å². The standard InChI is InChI=1S/C24H29ClN6O/c25-21-11-16(20-14-27-24-19(20)7-4-8-26-24)12-22(30-21)28-17-5-3-6-18(13-17)29-23(32)15-31-9-1-2-10-31/h4,7-8,11-12,14,17-18H,1-3,5-6,9-10,13,15H2,(H,26,27)(H,28,30)(H,29,32). The molecule has 1 aliphatic heterocycles. The highest BCUT2D eigenvalue weighted by molar-refractivity contribution is 6.29. The Labute approximate surface area is 193 Å². The number of likely N-dealkylation sites (tertiary alicyclic amines) is 1. The number of anilines is 1. The smallest absolute Gasteiger partial charge is 0.234 e. The van der Waals surface area contributed by atoms with Gasteiger partial charge in [0, 0.05) is 35.4 Å². The molecule has 0 bridgehead atoms. The molecule has 1 saturated carbocycles. The van der Waals surface area contributed by atoms with Gasteiger partial charge < -0.3 is 15.6 Å². The van der Waals surface area contributed by atoms with Gasteiger partial charge in [-0.1, -0.05) is 11.6 Å². The predicted molar refractivity (Wildman–Crippen MR) is 128 cm³/mol. The van der Waals surface area contributed by atoms with Gasteiger partial charge in [-0.2, -0.15) is 0 Å². The average molecular weight is 453 g/mol. The zero-order valence-electron chi connectivity index (χ0n) is 18.1. The molecule has 32 heavy (non-hydrogen) atoms. The lowest BCUT2D eigenvalue weighted by Gasteiger charge is -2.31. The second-order valence-corrected chi connectivity index (χ2v) is 9.31. The number of nitrogens with zero attached hydrogens (tertiary/aromatic N) is 3. The van der Waals surface area contributed by atoms with Gasteiger partial charge in [-0.05, 0) is 81.4 Å². The van der Waals surface area contributed by atoms with E-state index in [1.54, 1.807) is 6.20 Å². The summed E-state index contributed by atoms with van der Waals surface area (Å²) in [6, 6.07) is 8.36. The van der Waals surface area contributed by atoms with E-state index in [2.05, 4.69) is 30.5 Å². The fraction of sp³-hybridized carbons (Fsp3) is 0.458. The van der Waals surface area contributed by atoms with Gasteiger partial charge in [0.25, 0.3) is 0 Å². The number of fused-ring (bicyclic) bond motifs is 1. The molecular weight excluding hydrogens is 424 g/mol. The van der Waals surface area contributed by atoms with Crippen LogP contribution in [0, 0.1) is 0 Å². The molecule has 4 heterocycles. The molecule has 0 aromatic carbocycles. The van der Waals surface area contributed by atoms with E-state index in [0.717, 1.165) is 66.8 Å². The molecule has 3 aromatic rings. The molecule has 3 N–H and O–H groups in total. The molecule has 1 aliphatic carbocycles. The number of amides is 1. The number of carbonyl (C=O) groups excluding carboxylic acids is 1. The first-order valence-corrected chi connectivity index (χ1v) is 11.9. The number of aromatic amines is 1. The number of hydrogen-bond acceptors (Lipinski definition) is 5. The Morgan fingerprint density at radius 2 is 2.03 bits per heavy atom. The minimum absolute atomic E-state index is 0.147. The number of pyridine rings is 2. The highest BCUT2D eigenvalue weighted by atomic mass is 35.5. The van der Waals surface area contributed by atoms with E-state index >= 15 is 0 Å². The Hall–Kier alpha value is -2.64. The van der Waals surface area contributed by atoms with E-state index in [0.29, 0.717) is 11.7 Å². The van der Waals surface area contributed by atoms with Crippen LogP contribution < -0.4 is 10.6 Å². The number of rotatable bonds is 6. The maximum atomic E-state index is 12.4. The lowest BCUT2D eigenvalue weighted by atomic mass is 9.91. The molecule has 7 nitrogen and oxygen atoms in total. The van der Waals surface area contributed by atoms with Crippen LogP contribution in [0.5, 0.6) is 0 Å². The van der Waals surface area contributed by atoms with Crippen molar-refractivity contribution in [2.24, 2.45) is 0 Å². The molecule has 0 spiro atoms. The van der Waals surface area contributed by atoms with Crippen LogP contribution >= 0.6 is 11.6 Å². The average Bonchev–Trinajstić information content (AvgIpc) is 3.43. The zero-order valence-corrected chi connectivity index (χ0v) is 18.9. The second-order valence-electron chi connectivity index (χ2n) is 8.92. The third kappa shape index (κ3) is 4.89. The summed E-state index contributed by atoms with van der Waals surface area (Å²) in [6.07, 6.45) is 10.2. The third-order valence-corrected chi connectivity index (χ3v) is 6.71. The van der Waals surface area contributed by atoms with Gasteiger partial charge in [0.2, 0.25) is 5.91 Å². The summed E-state index contributed by atoms with van der Waals surface area (Å²) in [6.45, 7) is 2.60. The van der Waals surface area contributed by atoms with Crippen LogP contribution in [0.4, 0.5) is 5.82 Å². The Bertz CT molecular complexity index is 1090. The molecule has 2 atom stereocenters. The number of aromatic nitrogens is 3. The number of H-pyrrole nitrogens is 1. The summed E-state index contributed by atoms with van der Waals surface area (Å²) in [4.78, 5) is 26.8. The van der Waals surface area contributed by atoms with Gasteiger partial charge in [-0.3, -0.25) is 9.69 Å². The predicted octanol–water partition coefficient (Wildman–Crippen LogP) is 4.21. The molecule has 168 valence electrons. The van der Waals surface area contributed by atoms with Gasteiger partial charge >= 0.3 is 0 Å². The fourth-order valence-electron chi connectivity index (χ4n) is 5.00. The van der Waals surface area contributed by atoms with Crippen molar-refractivity contribution >= 4 is 34.4 Å². The molecule has 5 rings (SSSR count). The number of hydrogen-bond donors (Lipinski definition) is 3. The molecule has 1 saturated heterocycles. The monoisotopic (exact) mass is 452 g/mol. The van der Waals surface area contributed by atoms with E-state index < -0.39 is 0 Å². The van der Waals surface area contributed by atoms with E-state index in [4.69, 9.17) is 11.6 Å². The molecule has 3 aromatic heterocycles. The van der Waals surface area contributed by atoms with Crippen molar-refractivity contribution < 1.29 is 4.79 Å². The number of nitrogens with one attached hydrogen (secondary N) is 3. The van der Waals surface area contributed by atoms with Gasteiger partial charge in [0.15, 0.2) is 0 Å². The van der Waals surface area contributed by atoms with Crippen LogP contribution in [0.2, 0.25) is 5.15 Å². The fourth-order valence-corrected chi connectivity index (χ4v) is 5.21. The molecule has 2 aliphatic rings. The normalized spacial score (nSPS) is 21.7. The van der Waals surface area contributed by atoms with Crippen molar-refractivity contribution in [1.82, 2.24) is 25.2 Å². The Balaban J connectivity index is 1.25. The van der Waals surface area contributed by atoms with Crippen LogP contribution in [0.3, 0.4) is 0 Å². The lowest BCUT2D eigenvalue weighted by Crippen LogP contribution is -2.45. The third-order valence-electron chi connectivity index (χ3n) is 6.51. The van der Waals surface area contributed by atoms with Gasteiger partial charge in [0.05, 0.1) is 6.54 Å². The number of halogens is 1. The van der Waals surface area contributed by atoms with Crippen molar-refractivity contribution in [3.63, 3.8) is 0 Å². The maximum absolute atomic E-state index is 12.4. The summed E-state index contributed by atoms with van der Waals surface area (Å²) >= 11 is 6.38. The van der Waals surface area contributed by atoms with Crippen LogP contribution in [0.25, 0.3) is 22.2 Å². The summed E-state index contributed by atoms with van der Waals surface area (Å²) in [5.41, 5.74) is 2.90. The van der Waals surface area contributed by atoms with Crippen molar-refractivity contribution in [2.45, 2.75) is 50.6 Å². The minimum atomic E-state index is 0.147. The highest BCUT2D eigenvalue weighted by Gasteiger charge is 2.25. The molecule has 2 fully saturated rings. The van der Waals surface area contributed by atoms with E-state index in [1.807, 2.05) is 30.5 Å². The summed E-state index contributed by atoms with van der Waals surface area (Å²) in [7, 11) is 0. The Morgan fingerprint density at radius 3 is 2.91 bits per heavy atom. The largest absolute Gasteiger partial charge is 0.367 e. The number of carbonyl (C=O) groups is 1. The van der Waals surface area contributed by atoms with Crippen LogP contribution in [0.1, 0.15) is 38.5 Å². The molecule has 0 radical (unpaired) electrons. The van der Waals surface area contributed by atoms with Gasteiger partial charge in [-0.25, -0.2) is 9.97 Å². The van der Waals surface area contributed by atoms with Crippen LogP contribution in [-0.4, -0.2) is 57.5 Å². The summed E-state index contributed by atoms with van der Waals surface area (Å²) < 4.78 is 0. The summed E-state index contributed by atoms with van der Waals surface area (Å²) in [5, 5.41) is 8.32. The van der Waals surface area contributed by atoms with Gasteiger partial charge in [-0.15, -0.1) is 0 Å². The summed E-state index contributed by atoms with van der Waals surface area (Å²) in [5.74, 6) is 0.911. The zero-order chi connectivity index (χ0) is 21.9. The van der Waals surface area contributed by atoms with E-state index in [-0.39, 0.29) is 18.0 Å². The Kier molecular flexibility index (Phi) is 6.28. The molecule has 2 unspecified atom stereocenters. The minimum Gasteiger partial charge on any atom is -0.367 e. The first-order chi connectivity index (χ1) is 15.6. The van der Waals surface area contributed by atoms with Crippen LogP contribution in [-0.2, 0) is 4.79 Å². The molecule has 8 heteroatoms. The Morgan fingerprint density at radius 1 is 1.19 bits per heavy atom. The topological polar surface area (TPSA) is 85.9 Å². The van der Waals surface area contributed by atoms with Crippen molar-refractivity contribution in [2.75, 3.05) is 25.0 Å². The van der Waals surface area contributed by atoms with Crippen molar-refractivity contribution in [3.05, 3.63) is 41.8 Å². The quantitative estimate of drug-likeness (QED) is 0.488. The van der Waals surface area contributed by atoms with Gasteiger partial charge in [0.1, 0.15) is 16.6 Å². The first kappa shape index (κ1) is 21.2. The van der Waals surface area contributed by atoms with E-state index in [1.165, 1.54) is 12.8 Å². The highest BCUT2D eigenvalue weighted by Crippen LogP contribution is 2.31. The molecule has 1 amide bonds. The molecular formula is C24H29ClN6O. The lowest BCUT2D eigenvalue weighted by molar-refractivity contribution is -0.122. The van der Waals surface area contributed by atoms with E-state index in [9.17, 15) is 4.79 Å². The van der Waals surface area contributed by atoms with Crippen molar-refractivity contribution in [3.8, 4) is 11.1 Å². The first-order valence-electron chi connectivity index (χ1n) is 11.5. The maximum Gasteiger partial charge on any atom is 0.234 e.